The molecule has 0 bridgehead atoms. The van der Waals surface area contributed by atoms with Crippen LogP contribution in [0, 0.1) is 0 Å². The summed E-state index contributed by atoms with van der Waals surface area (Å²) in [5, 5.41) is 0. The van der Waals surface area contributed by atoms with Gasteiger partial charge < -0.3 is 4.90 Å². The minimum Gasteiger partial charge on any atom is -0.310 e. The summed E-state index contributed by atoms with van der Waals surface area (Å²) in [4.78, 5) is 2.28. The molecule has 4 rings (SSSR count). The predicted octanol–water partition coefficient (Wildman–Crippen LogP) is 7.33. The van der Waals surface area contributed by atoms with Crippen molar-refractivity contribution in [3.05, 3.63) is 126 Å². The molecule has 0 amide bonds. The van der Waals surface area contributed by atoms with Crippen LogP contribution < -0.4 is 4.90 Å². The summed E-state index contributed by atoms with van der Waals surface area (Å²) in [7, 11) is 0. The van der Waals surface area contributed by atoms with Crippen LogP contribution in [0.2, 0.25) is 0 Å². The zero-order valence-electron chi connectivity index (χ0n) is 15.1. The number of anilines is 3. The average Bonchev–Trinajstić information content (AvgIpc) is 2.75. The highest BCUT2D eigenvalue weighted by molar-refractivity contribution is 5.79. The predicted molar refractivity (Wildman–Crippen MR) is 116 cm³/mol. The molecule has 1 nitrogen and oxygen atoms in total. The number of hydrogen-bond donors (Lipinski definition) is 0. The molecular formula is C26H21N. The van der Waals surface area contributed by atoms with Crippen LogP contribution in [0.3, 0.4) is 0 Å². The van der Waals surface area contributed by atoms with Gasteiger partial charge >= 0.3 is 0 Å². The van der Waals surface area contributed by atoms with Gasteiger partial charge in [-0.15, -0.1) is 0 Å². The van der Waals surface area contributed by atoms with Gasteiger partial charge in [-0.1, -0.05) is 91.0 Å². The third kappa shape index (κ3) is 4.16. The van der Waals surface area contributed by atoms with Crippen molar-refractivity contribution in [3.8, 4) is 0 Å². The van der Waals surface area contributed by atoms with Crippen molar-refractivity contribution in [2.24, 2.45) is 0 Å². The first-order valence-electron chi connectivity index (χ1n) is 9.13. The second kappa shape index (κ2) is 8.20. The molecule has 0 spiro atoms. The molecule has 0 atom stereocenters. The van der Waals surface area contributed by atoms with Crippen molar-refractivity contribution in [1.82, 2.24) is 0 Å². The lowest BCUT2D eigenvalue weighted by Crippen LogP contribution is -2.09. The summed E-state index contributed by atoms with van der Waals surface area (Å²) in [6.45, 7) is 0. The Bertz CT molecular complexity index is 966. The summed E-state index contributed by atoms with van der Waals surface area (Å²) in [5.41, 5.74) is 5.81. The van der Waals surface area contributed by atoms with Crippen LogP contribution in [0.25, 0.3) is 12.2 Å². The molecule has 0 N–H and O–H groups in total. The lowest BCUT2D eigenvalue weighted by Gasteiger charge is -2.25. The first-order chi connectivity index (χ1) is 13.4. The molecule has 4 aromatic carbocycles. The number of para-hydroxylation sites is 2. The van der Waals surface area contributed by atoms with Crippen molar-refractivity contribution >= 4 is 29.2 Å². The van der Waals surface area contributed by atoms with Gasteiger partial charge in [0, 0.05) is 17.1 Å². The van der Waals surface area contributed by atoms with Crippen molar-refractivity contribution < 1.29 is 0 Å². The van der Waals surface area contributed by atoms with Gasteiger partial charge in [0.1, 0.15) is 0 Å². The monoisotopic (exact) mass is 347 g/mol. The Hall–Kier alpha value is -3.58. The molecule has 0 saturated heterocycles. The summed E-state index contributed by atoms with van der Waals surface area (Å²) >= 11 is 0. The van der Waals surface area contributed by atoms with Crippen LogP contribution in [0.5, 0.6) is 0 Å². The van der Waals surface area contributed by atoms with E-state index in [-0.39, 0.29) is 0 Å². The van der Waals surface area contributed by atoms with E-state index in [2.05, 4.69) is 114 Å². The van der Waals surface area contributed by atoms with Crippen molar-refractivity contribution in [2.75, 3.05) is 4.90 Å². The smallest absolute Gasteiger partial charge is 0.0467 e. The molecule has 0 unspecified atom stereocenters. The minimum atomic E-state index is 1.14. The maximum atomic E-state index is 2.28. The Labute approximate surface area is 160 Å². The van der Waals surface area contributed by atoms with Gasteiger partial charge in [-0.05, 0) is 47.5 Å². The van der Waals surface area contributed by atoms with Crippen LogP contribution in [-0.4, -0.2) is 0 Å². The van der Waals surface area contributed by atoms with Gasteiger partial charge in [0.15, 0.2) is 0 Å². The number of rotatable bonds is 5. The standard InChI is InChI=1S/C26H21N/c1-4-11-22(12-5-1)19-20-23-13-10-18-26(21-23)27(24-14-6-2-7-15-24)25-16-8-3-9-17-25/h1-21H. The maximum Gasteiger partial charge on any atom is 0.0467 e. The molecule has 130 valence electrons. The van der Waals surface area contributed by atoms with Crippen molar-refractivity contribution in [3.63, 3.8) is 0 Å². The van der Waals surface area contributed by atoms with E-state index in [4.69, 9.17) is 0 Å². The average molecular weight is 347 g/mol. The molecule has 0 aromatic heterocycles. The van der Waals surface area contributed by atoms with E-state index in [0.717, 1.165) is 17.1 Å². The van der Waals surface area contributed by atoms with Crippen molar-refractivity contribution in [2.45, 2.75) is 0 Å². The fourth-order valence-electron chi connectivity index (χ4n) is 3.13. The molecular weight excluding hydrogens is 326 g/mol. The number of benzene rings is 4. The number of hydrogen-bond acceptors (Lipinski definition) is 1. The first kappa shape index (κ1) is 16.9. The maximum absolute atomic E-state index is 2.28. The van der Waals surface area contributed by atoms with Gasteiger partial charge in [0.25, 0.3) is 0 Å². The molecule has 0 radical (unpaired) electrons. The number of nitrogens with zero attached hydrogens (tertiary/aromatic N) is 1. The third-order valence-corrected chi connectivity index (χ3v) is 4.43. The van der Waals surface area contributed by atoms with Gasteiger partial charge in [-0.2, -0.15) is 0 Å². The van der Waals surface area contributed by atoms with Crippen LogP contribution in [0.1, 0.15) is 11.1 Å². The Kier molecular flexibility index (Phi) is 5.12. The van der Waals surface area contributed by atoms with E-state index in [9.17, 15) is 0 Å². The van der Waals surface area contributed by atoms with Gasteiger partial charge in [-0.25, -0.2) is 0 Å². The van der Waals surface area contributed by atoms with E-state index in [1.165, 1.54) is 11.1 Å². The normalized spacial score (nSPS) is 10.8. The van der Waals surface area contributed by atoms with E-state index in [1.54, 1.807) is 0 Å². The zero-order valence-corrected chi connectivity index (χ0v) is 15.1. The van der Waals surface area contributed by atoms with E-state index in [0.29, 0.717) is 0 Å². The molecule has 27 heavy (non-hydrogen) atoms. The molecule has 0 heterocycles. The topological polar surface area (TPSA) is 3.24 Å². The second-order valence-electron chi connectivity index (χ2n) is 6.35. The van der Waals surface area contributed by atoms with Gasteiger partial charge in [-0.3, -0.25) is 0 Å². The highest BCUT2D eigenvalue weighted by Crippen LogP contribution is 2.34. The summed E-state index contributed by atoms with van der Waals surface area (Å²) in [6, 6.07) is 39.9. The highest BCUT2D eigenvalue weighted by Gasteiger charge is 2.11. The summed E-state index contributed by atoms with van der Waals surface area (Å²) in [6.07, 6.45) is 4.31. The Morgan fingerprint density at radius 3 is 1.44 bits per heavy atom. The summed E-state index contributed by atoms with van der Waals surface area (Å²) < 4.78 is 0. The van der Waals surface area contributed by atoms with E-state index in [1.807, 2.05) is 18.2 Å². The molecule has 0 saturated carbocycles. The Morgan fingerprint density at radius 1 is 0.407 bits per heavy atom. The molecule has 0 aliphatic heterocycles. The van der Waals surface area contributed by atoms with E-state index < -0.39 is 0 Å². The third-order valence-electron chi connectivity index (χ3n) is 4.43. The molecule has 0 fully saturated rings. The molecule has 1 heteroatoms. The SMILES string of the molecule is C(=Cc1cccc(N(c2ccccc2)c2ccccc2)c1)c1ccccc1. The Morgan fingerprint density at radius 2 is 0.852 bits per heavy atom. The van der Waals surface area contributed by atoms with Crippen LogP contribution >= 0.6 is 0 Å². The Balaban J connectivity index is 1.72. The van der Waals surface area contributed by atoms with Crippen molar-refractivity contribution in [1.29, 1.82) is 0 Å². The van der Waals surface area contributed by atoms with Gasteiger partial charge in [0.05, 0.1) is 0 Å². The fourth-order valence-corrected chi connectivity index (χ4v) is 3.13. The zero-order chi connectivity index (χ0) is 18.3. The summed E-state index contributed by atoms with van der Waals surface area (Å²) in [5.74, 6) is 0. The molecule has 0 aliphatic carbocycles. The van der Waals surface area contributed by atoms with Crippen LogP contribution in [-0.2, 0) is 0 Å². The molecule has 4 aromatic rings. The molecule has 0 aliphatic rings. The van der Waals surface area contributed by atoms with Gasteiger partial charge in [0.2, 0.25) is 0 Å². The van der Waals surface area contributed by atoms with Crippen LogP contribution in [0.15, 0.2) is 115 Å². The van der Waals surface area contributed by atoms with E-state index >= 15 is 0 Å². The minimum absolute atomic E-state index is 1.14. The quantitative estimate of drug-likeness (QED) is 0.342. The first-order valence-corrected chi connectivity index (χ1v) is 9.13. The second-order valence-corrected chi connectivity index (χ2v) is 6.35. The largest absolute Gasteiger partial charge is 0.310 e. The lowest BCUT2D eigenvalue weighted by molar-refractivity contribution is 1.28. The van der Waals surface area contributed by atoms with Crippen LogP contribution in [0.4, 0.5) is 17.1 Å². The fraction of sp³-hybridized carbons (Fsp3) is 0. The highest BCUT2D eigenvalue weighted by atomic mass is 15.1. The lowest BCUT2D eigenvalue weighted by atomic mass is 10.1.